The van der Waals surface area contributed by atoms with Crippen LogP contribution in [0.15, 0.2) is 10.7 Å². The molecule has 0 atom stereocenters. The quantitative estimate of drug-likeness (QED) is 0.621. The molecule has 1 aromatic heterocycles. The number of nitrogens with one attached hydrogen (secondary N) is 1. The third-order valence-corrected chi connectivity index (χ3v) is 2.54. The molecule has 0 fully saturated rings. The lowest BCUT2D eigenvalue weighted by molar-refractivity contribution is 0.0765. The topological polar surface area (TPSA) is 47.0 Å². The van der Waals surface area contributed by atoms with E-state index in [4.69, 9.17) is 4.74 Å². The van der Waals surface area contributed by atoms with Gasteiger partial charge in [-0.1, -0.05) is 0 Å². The maximum Gasteiger partial charge on any atom is 0.130 e. The molecule has 0 bridgehead atoms. The Balaban J connectivity index is 2.18. The van der Waals surface area contributed by atoms with Crippen molar-refractivity contribution in [1.29, 1.82) is 0 Å². The Kier molecular flexibility index (Phi) is 6.44. The highest BCUT2D eigenvalue weighted by Crippen LogP contribution is 2.11. The van der Waals surface area contributed by atoms with Crippen molar-refractivity contribution >= 4 is 21.7 Å². The predicted molar refractivity (Wildman–Crippen MR) is 73.3 cm³/mol. The molecule has 5 heteroatoms. The van der Waals surface area contributed by atoms with E-state index in [1.165, 1.54) is 0 Å². The number of nitrogens with zero attached hydrogens (tertiary/aromatic N) is 2. The van der Waals surface area contributed by atoms with E-state index in [1.54, 1.807) is 0 Å². The second-order valence-corrected chi connectivity index (χ2v) is 4.99. The first-order valence-electron chi connectivity index (χ1n) is 5.94. The van der Waals surface area contributed by atoms with E-state index in [0.29, 0.717) is 6.10 Å². The van der Waals surface area contributed by atoms with Crippen molar-refractivity contribution in [1.82, 2.24) is 9.97 Å². The van der Waals surface area contributed by atoms with Crippen LogP contribution in [-0.4, -0.2) is 29.2 Å². The van der Waals surface area contributed by atoms with E-state index in [2.05, 4.69) is 45.1 Å². The highest BCUT2D eigenvalue weighted by Gasteiger charge is 1.99. The van der Waals surface area contributed by atoms with Crippen LogP contribution in [0.2, 0.25) is 0 Å². The van der Waals surface area contributed by atoms with Gasteiger partial charge in [0.05, 0.1) is 6.10 Å². The van der Waals surface area contributed by atoms with Crippen LogP contribution in [0, 0.1) is 6.92 Å². The normalized spacial score (nSPS) is 10.9. The summed E-state index contributed by atoms with van der Waals surface area (Å²) in [5.74, 6) is 1.64. The van der Waals surface area contributed by atoms with Gasteiger partial charge in [-0.15, -0.1) is 0 Å². The predicted octanol–water partition coefficient (Wildman–Crippen LogP) is 3.16. The second kappa shape index (κ2) is 7.61. The molecule has 96 valence electrons. The van der Waals surface area contributed by atoms with E-state index in [9.17, 15) is 0 Å². The number of aryl methyl sites for hydroxylation is 1. The summed E-state index contributed by atoms with van der Waals surface area (Å²) in [6, 6.07) is 1.89. The Labute approximate surface area is 111 Å². The Bertz CT molecular complexity index is 324. The molecule has 0 spiro atoms. The third kappa shape index (κ3) is 6.58. The van der Waals surface area contributed by atoms with Gasteiger partial charge in [0.25, 0.3) is 0 Å². The van der Waals surface area contributed by atoms with Crippen LogP contribution in [0.4, 0.5) is 5.82 Å². The number of unbranched alkanes of at least 4 members (excludes halogenated alkanes) is 1. The van der Waals surface area contributed by atoms with Gasteiger partial charge in [-0.2, -0.15) is 0 Å². The van der Waals surface area contributed by atoms with Gasteiger partial charge >= 0.3 is 0 Å². The maximum atomic E-state index is 5.47. The molecule has 0 aliphatic rings. The molecule has 4 nitrogen and oxygen atoms in total. The Morgan fingerprint density at radius 1 is 1.35 bits per heavy atom. The fourth-order valence-corrected chi connectivity index (χ4v) is 1.86. The lowest BCUT2D eigenvalue weighted by atomic mass is 10.3. The van der Waals surface area contributed by atoms with Gasteiger partial charge in [0.1, 0.15) is 16.2 Å². The summed E-state index contributed by atoms with van der Waals surface area (Å²) in [6.45, 7) is 7.72. The molecule has 1 aromatic rings. The molecular weight excluding hydrogens is 282 g/mol. The van der Waals surface area contributed by atoms with E-state index in [-0.39, 0.29) is 0 Å². The molecule has 1 heterocycles. The fourth-order valence-electron chi connectivity index (χ4n) is 1.38. The van der Waals surface area contributed by atoms with Gasteiger partial charge in [-0.25, -0.2) is 9.97 Å². The molecule has 0 aliphatic carbocycles. The van der Waals surface area contributed by atoms with Crippen LogP contribution >= 0.6 is 15.9 Å². The average molecular weight is 302 g/mol. The highest BCUT2D eigenvalue weighted by molar-refractivity contribution is 9.10. The first-order valence-corrected chi connectivity index (χ1v) is 6.74. The van der Waals surface area contributed by atoms with Gasteiger partial charge < -0.3 is 10.1 Å². The van der Waals surface area contributed by atoms with Crippen LogP contribution in [0.1, 0.15) is 32.5 Å². The minimum Gasteiger partial charge on any atom is -0.379 e. The minimum atomic E-state index is 0.323. The zero-order valence-corrected chi connectivity index (χ0v) is 12.2. The van der Waals surface area contributed by atoms with E-state index >= 15 is 0 Å². The summed E-state index contributed by atoms with van der Waals surface area (Å²) >= 11 is 3.35. The van der Waals surface area contributed by atoms with Crippen molar-refractivity contribution in [2.75, 3.05) is 18.5 Å². The Morgan fingerprint density at radius 3 is 2.76 bits per heavy atom. The Morgan fingerprint density at radius 2 is 2.12 bits per heavy atom. The number of ether oxygens (including phenoxy) is 1. The van der Waals surface area contributed by atoms with E-state index in [1.807, 2.05) is 13.0 Å². The smallest absolute Gasteiger partial charge is 0.130 e. The summed E-state index contributed by atoms with van der Waals surface area (Å²) in [5.41, 5.74) is 0. The van der Waals surface area contributed by atoms with Gasteiger partial charge in [-0.05, 0) is 49.5 Å². The van der Waals surface area contributed by atoms with Crippen LogP contribution in [0.25, 0.3) is 0 Å². The van der Waals surface area contributed by atoms with Crippen LogP contribution < -0.4 is 5.32 Å². The maximum absolute atomic E-state index is 5.47. The third-order valence-electron chi connectivity index (χ3n) is 2.14. The molecule has 1 rings (SSSR count). The number of halogens is 1. The van der Waals surface area contributed by atoms with Crippen molar-refractivity contribution in [2.24, 2.45) is 0 Å². The van der Waals surface area contributed by atoms with Crippen LogP contribution in [-0.2, 0) is 4.74 Å². The largest absolute Gasteiger partial charge is 0.379 e. The summed E-state index contributed by atoms with van der Waals surface area (Å²) in [6.07, 6.45) is 2.47. The molecule has 0 unspecified atom stereocenters. The lowest BCUT2D eigenvalue weighted by Crippen LogP contribution is -2.08. The summed E-state index contributed by atoms with van der Waals surface area (Å²) in [4.78, 5) is 8.45. The molecule has 0 aliphatic heterocycles. The van der Waals surface area contributed by atoms with Crippen molar-refractivity contribution in [3.05, 3.63) is 16.5 Å². The van der Waals surface area contributed by atoms with Gasteiger partial charge in [0.15, 0.2) is 0 Å². The van der Waals surface area contributed by atoms with Gasteiger partial charge in [-0.3, -0.25) is 0 Å². The first kappa shape index (κ1) is 14.4. The second-order valence-electron chi connectivity index (χ2n) is 4.18. The number of anilines is 1. The average Bonchev–Trinajstić information content (AvgIpc) is 2.21. The van der Waals surface area contributed by atoms with Gasteiger partial charge in [0.2, 0.25) is 0 Å². The van der Waals surface area contributed by atoms with Crippen molar-refractivity contribution in [2.45, 2.75) is 39.7 Å². The molecule has 0 saturated carbocycles. The number of rotatable bonds is 7. The number of hydrogen-bond acceptors (Lipinski definition) is 4. The summed E-state index contributed by atoms with van der Waals surface area (Å²) in [7, 11) is 0. The van der Waals surface area contributed by atoms with Crippen LogP contribution in [0.3, 0.4) is 0 Å². The van der Waals surface area contributed by atoms with Crippen LogP contribution in [0.5, 0.6) is 0 Å². The standard InChI is InChI=1S/C12H20BrN3O/c1-9(2)17-7-5-4-6-14-12-8-11(13)15-10(3)16-12/h8-9H,4-7H2,1-3H3,(H,14,15,16). The number of hydrogen-bond donors (Lipinski definition) is 1. The molecule has 1 N–H and O–H groups in total. The molecule has 17 heavy (non-hydrogen) atoms. The zero-order chi connectivity index (χ0) is 12.7. The van der Waals surface area contributed by atoms with Crippen molar-refractivity contribution < 1.29 is 4.74 Å². The Hall–Kier alpha value is -0.680. The van der Waals surface area contributed by atoms with E-state index in [0.717, 1.165) is 42.2 Å². The molecular formula is C12H20BrN3O. The zero-order valence-electron chi connectivity index (χ0n) is 10.7. The molecule has 0 saturated heterocycles. The van der Waals surface area contributed by atoms with Crippen molar-refractivity contribution in [3.8, 4) is 0 Å². The number of aromatic nitrogens is 2. The van der Waals surface area contributed by atoms with E-state index < -0.39 is 0 Å². The SMILES string of the molecule is Cc1nc(Br)cc(NCCCCOC(C)C)n1. The molecule has 0 radical (unpaired) electrons. The fraction of sp³-hybridized carbons (Fsp3) is 0.667. The van der Waals surface area contributed by atoms with Crippen molar-refractivity contribution in [3.63, 3.8) is 0 Å². The summed E-state index contributed by atoms with van der Waals surface area (Å²) in [5, 5.41) is 3.28. The van der Waals surface area contributed by atoms with Gasteiger partial charge in [0, 0.05) is 19.2 Å². The minimum absolute atomic E-state index is 0.323. The molecule has 0 aromatic carbocycles. The highest BCUT2D eigenvalue weighted by atomic mass is 79.9. The molecule has 0 amide bonds. The lowest BCUT2D eigenvalue weighted by Gasteiger charge is -2.08. The summed E-state index contributed by atoms with van der Waals surface area (Å²) < 4.78 is 6.29. The first-order chi connectivity index (χ1) is 8.08. The monoisotopic (exact) mass is 301 g/mol.